The zero-order valence-electron chi connectivity index (χ0n) is 10.7. The van der Waals surface area contributed by atoms with Crippen molar-refractivity contribution < 1.29 is 24.1 Å². The number of carbonyl (C=O) groups is 1. The number of benzene rings is 1. The number of hydrogen-bond donors (Lipinski definition) is 1. The van der Waals surface area contributed by atoms with Crippen LogP contribution in [0.5, 0.6) is 0 Å². The molecule has 1 aliphatic rings. The molecule has 2 rings (SSSR count). The van der Waals surface area contributed by atoms with Crippen LogP contribution in [0.1, 0.15) is 12.0 Å². The number of ether oxygens (including phenoxy) is 3. The molecule has 0 radical (unpaired) electrons. The minimum absolute atomic E-state index is 0.0134. The molecule has 1 saturated heterocycles. The van der Waals surface area contributed by atoms with E-state index in [0.717, 1.165) is 5.56 Å². The molecule has 1 aromatic rings. The molecule has 0 amide bonds. The smallest absolute Gasteiger partial charge is 0.168 e. The summed E-state index contributed by atoms with van der Waals surface area (Å²) in [4.78, 5) is 11.7. The van der Waals surface area contributed by atoms with Crippen LogP contribution in [0.15, 0.2) is 30.3 Å². The van der Waals surface area contributed by atoms with Gasteiger partial charge >= 0.3 is 0 Å². The number of hydrogen-bond acceptors (Lipinski definition) is 5. The Bertz CT molecular complexity index is 386. The van der Waals surface area contributed by atoms with Crippen LogP contribution in [-0.2, 0) is 25.6 Å². The Balaban J connectivity index is 1.65. The van der Waals surface area contributed by atoms with Crippen molar-refractivity contribution in [3.63, 3.8) is 0 Å². The number of carbonyl (C=O) groups excluding carboxylic acids is 1. The van der Waals surface area contributed by atoms with Crippen molar-refractivity contribution in [1.29, 1.82) is 0 Å². The molecular formula is C14H18O5. The maximum atomic E-state index is 11.7. The van der Waals surface area contributed by atoms with E-state index in [0.29, 0.717) is 19.8 Å². The molecule has 1 unspecified atom stereocenters. The maximum absolute atomic E-state index is 11.7. The van der Waals surface area contributed by atoms with E-state index >= 15 is 0 Å². The van der Waals surface area contributed by atoms with E-state index in [1.165, 1.54) is 0 Å². The molecule has 5 nitrogen and oxygen atoms in total. The monoisotopic (exact) mass is 266 g/mol. The normalized spacial score (nSPS) is 17.5. The number of ketones is 1. The Kier molecular flexibility index (Phi) is 5.47. The highest BCUT2D eigenvalue weighted by Gasteiger charge is 2.24. The lowest BCUT2D eigenvalue weighted by molar-refractivity contribution is -0.138. The third-order valence-corrected chi connectivity index (χ3v) is 2.82. The Hall–Kier alpha value is -1.27. The summed E-state index contributed by atoms with van der Waals surface area (Å²) in [6.45, 7) is 1.36. The first-order chi connectivity index (χ1) is 9.25. The standard InChI is InChI=1S/C14H18O5/c15-12(8-14-18-6-7-19-14)13(16)10-17-9-11-4-2-1-3-5-11/h1-5,13-14,16H,6-10H2. The molecule has 1 atom stereocenters. The van der Waals surface area contributed by atoms with E-state index in [9.17, 15) is 9.90 Å². The summed E-state index contributed by atoms with van der Waals surface area (Å²) < 4.78 is 15.6. The molecular weight excluding hydrogens is 248 g/mol. The van der Waals surface area contributed by atoms with E-state index < -0.39 is 12.4 Å². The van der Waals surface area contributed by atoms with Crippen LogP contribution < -0.4 is 0 Å². The first-order valence-corrected chi connectivity index (χ1v) is 6.31. The quantitative estimate of drug-likeness (QED) is 0.794. The van der Waals surface area contributed by atoms with Gasteiger partial charge in [0.1, 0.15) is 6.10 Å². The molecule has 0 spiro atoms. The van der Waals surface area contributed by atoms with Crippen LogP contribution in [0, 0.1) is 0 Å². The van der Waals surface area contributed by atoms with Gasteiger partial charge in [0.15, 0.2) is 12.1 Å². The fourth-order valence-electron chi connectivity index (χ4n) is 1.78. The molecule has 0 bridgehead atoms. The predicted molar refractivity (Wildman–Crippen MR) is 67.4 cm³/mol. The first kappa shape index (κ1) is 14.1. The van der Waals surface area contributed by atoms with Crippen molar-refractivity contribution in [2.75, 3.05) is 19.8 Å². The third-order valence-electron chi connectivity index (χ3n) is 2.82. The van der Waals surface area contributed by atoms with Crippen LogP contribution in [0.3, 0.4) is 0 Å². The van der Waals surface area contributed by atoms with Crippen LogP contribution in [0.4, 0.5) is 0 Å². The van der Waals surface area contributed by atoms with Gasteiger partial charge in [0.2, 0.25) is 0 Å². The number of aliphatic hydroxyl groups excluding tert-OH is 1. The van der Waals surface area contributed by atoms with Crippen molar-refractivity contribution >= 4 is 5.78 Å². The fourth-order valence-corrected chi connectivity index (χ4v) is 1.78. The summed E-state index contributed by atoms with van der Waals surface area (Å²) in [6.07, 6.45) is -1.58. The largest absolute Gasteiger partial charge is 0.383 e. The van der Waals surface area contributed by atoms with Crippen molar-refractivity contribution in [1.82, 2.24) is 0 Å². The van der Waals surface area contributed by atoms with Gasteiger partial charge in [-0.25, -0.2) is 0 Å². The summed E-state index contributed by atoms with van der Waals surface area (Å²) in [7, 11) is 0. The summed E-state index contributed by atoms with van der Waals surface area (Å²) in [6, 6.07) is 9.59. The van der Waals surface area contributed by atoms with Crippen LogP contribution in [-0.4, -0.2) is 43.1 Å². The number of aliphatic hydroxyl groups is 1. The second kappa shape index (κ2) is 7.35. The Morgan fingerprint density at radius 1 is 1.32 bits per heavy atom. The second-order valence-corrected chi connectivity index (χ2v) is 4.36. The molecule has 0 saturated carbocycles. The topological polar surface area (TPSA) is 65.0 Å². The molecule has 0 aliphatic carbocycles. The van der Waals surface area contributed by atoms with Crippen LogP contribution in [0.2, 0.25) is 0 Å². The molecule has 1 heterocycles. The Morgan fingerprint density at radius 2 is 2.00 bits per heavy atom. The summed E-state index contributed by atoms with van der Waals surface area (Å²) in [5, 5.41) is 9.67. The van der Waals surface area contributed by atoms with Gasteiger partial charge in [-0.3, -0.25) is 4.79 Å². The number of Topliss-reactive ketones (excluding diaryl/α,β-unsaturated/α-hetero) is 1. The van der Waals surface area contributed by atoms with Gasteiger partial charge in [-0.2, -0.15) is 0 Å². The van der Waals surface area contributed by atoms with Gasteiger partial charge in [0.25, 0.3) is 0 Å². The molecule has 19 heavy (non-hydrogen) atoms. The highest BCUT2D eigenvalue weighted by atomic mass is 16.7. The molecule has 5 heteroatoms. The van der Waals surface area contributed by atoms with Crippen molar-refractivity contribution in [2.45, 2.75) is 25.4 Å². The van der Waals surface area contributed by atoms with Gasteiger partial charge in [0, 0.05) is 0 Å². The SMILES string of the molecule is O=C(CC1OCCO1)C(O)COCc1ccccc1. The lowest BCUT2D eigenvalue weighted by Gasteiger charge is -2.13. The van der Waals surface area contributed by atoms with Crippen LogP contribution >= 0.6 is 0 Å². The molecule has 1 aliphatic heterocycles. The zero-order valence-corrected chi connectivity index (χ0v) is 10.7. The van der Waals surface area contributed by atoms with E-state index in [2.05, 4.69) is 0 Å². The predicted octanol–water partition coefficient (Wildman–Crippen LogP) is 0.896. The van der Waals surface area contributed by atoms with Crippen molar-refractivity contribution in [3.8, 4) is 0 Å². The molecule has 0 aromatic heterocycles. The van der Waals surface area contributed by atoms with Crippen molar-refractivity contribution in [3.05, 3.63) is 35.9 Å². The zero-order chi connectivity index (χ0) is 13.5. The summed E-state index contributed by atoms with van der Waals surface area (Å²) in [5.41, 5.74) is 1.00. The van der Waals surface area contributed by atoms with Gasteiger partial charge < -0.3 is 19.3 Å². The van der Waals surface area contributed by atoms with E-state index in [1.807, 2.05) is 30.3 Å². The lowest BCUT2D eigenvalue weighted by atomic mass is 10.2. The first-order valence-electron chi connectivity index (χ1n) is 6.31. The third kappa shape index (κ3) is 4.72. The molecule has 104 valence electrons. The maximum Gasteiger partial charge on any atom is 0.168 e. The van der Waals surface area contributed by atoms with Gasteiger partial charge in [-0.05, 0) is 5.56 Å². The lowest BCUT2D eigenvalue weighted by Crippen LogP contribution is -2.29. The van der Waals surface area contributed by atoms with E-state index in [-0.39, 0.29) is 18.8 Å². The van der Waals surface area contributed by atoms with Crippen molar-refractivity contribution in [2.24, 2.45) is 0 Å². The van der Waals surface area contributed by atoms with E-state index in [1.54, 1.807) is 0 Å². The average Bonchev–Trinajstić information content (AvgIpc) is 2.92. The number of rotatable bonds is 7. The molecule has 1 N–H and O–H groups in total. The molecule has 1 fully saturated rings. The highest BCUT2D eigenvalue weighted by molar-refractivity contribution is 5.83. The Morgan fingerprint density at radius 3 is 2.68 bits per heavy atom. The summed E-state index contributed by atoms with van der Waals surface area (Å²) in [5.74, 6) is -0.319. The minimum atomic E-state index is -1.13. The minimum Gasteiger partial charge on any atom is -0.383 e. The second-order valence-electron chi connectivity index (χ2n) is 4.36. The van der Waals surface area contributed by atoms with Gasteiger partial charge in [-0.1, -0.05) is 30.3 Å². The van der Waals surface area contributed by atoms with E-state index in [4.69, 9.17) is 14.2 Å². The molecule has 1 aromatic carbocycles. The van der Waals surface area contributed by atoms with Crippen LogP contribution in [0.25, 0.3) is 0 Å². The average molecular weight is 266 g/mol. The highest BCUT2D eigenvalue weighted by Crippen LogP contribution is 2.10. The summed E-state index contributed by atoms with van der Waals surface area (Å²) >= 11 is 0. The van der Waals surface area contributed by atoms with Gasteiger partial charge in [0.05, 0.1) is 32.8 Å². The fraction of sp³-hybridized carbons (Fsp3) is 0.500. The Labute approximate surface area is 112 Å². The van der Waals surface area contributed by atoms with Gasteiger partial charge in [-0.15, -0.1) is 0 Å².